The van der Waals surface area contributed by atoms with Crippen LogP contribution in [0.25, 0.3) is 11.0 Å². The van der Waals surface area contributed by atoms with Gasteiger partial charge in [-0.2, -0.15) is 0 Å². The number of aryl methyl sites for hydroxylation is 1. The molecular formula is C24H26N2O4. The van der Waals surface area contributed by atoms with Crippen LogP contribution in [0.2, 0.25) is 0 Å². The Labute approximate surface area is 175 Å². The van der Waals surface area contributed by atoms with Gasteiger partial charge < -0.3 is 19.4 Å². The quantitative estimate of drug-likeness (QED) is 0.701. The molecule has 1 fully saturated rings. The van der Waals surface area contributed by atoms with Crippen molar-refractivity contribution in [3.8, 4) is 5.75 Å². The van der Waals surface area contributed by atoms with Crippen LogP contribution in [0.5, 0.6) is 5.75 Å². The molecule has 1 aliphatic rings. The molecule has 6 nitrogen and oxygen atoms in total. The standard InChI is InChI=1S/C24H26N2O4/c1-16-5-3-4-6-20(16)24(28)25-18-9-11-26(12-10-18)23(27)13-17-15-30-22-14-19(29-2)7-8-21(17)22/h3-8,14-15,18H,9-13H2,1-2H3,(H,25,28). The van der Waals surface area contributed by atoms with Crippen molar-refractivity contribution >= 4 is 22.8 Å². The van der Waals surface area contributed by atoms with Crippen molar-refractivity contribution in [2.24, 2.45) is 0 Å². The van der Waals surface area contributed by atoms with Gasteiger partial charge in [0.1, 0.15) is 11.3 Å². The third kappa shape index (κ3) is 4.17. The Hall–Kier alpha value is -3.28. The van der Waals surface area contributed by atoms with Gasteiger partial charge in [0.25, 0.3) is 5.91 Å². The minimum Gasteiger partial charge on any atom is -0.497 e. The number of amides is 2. The topological polar surface area (TPSA) is 71.8 Å². The Morgan fingerprint density at radius 1 is 1.17 bits per heavy atom. The fourth-order valence-corrected chi connectivity index (χ4v) is 3.97. The maximum Gasteiger partial charge on any atom is 0.251 e. The number of carbonyl (C=O) groups is 2. The highest BCUT2D eigenvalue weighted by Crippen LogP contribution is 2.26. The maximum absolute atomic E-state index is 12.8. The van der Waals surface area contributed by atoms with Crippen LogP contribution in [-0.2, 0) is 11.2 Å². The minimum absolute atomic E-state index is 0.0434. The molecule has 2 aromatic carbocycles. The number of carbonyl (C=O) groups excluding carboxylic acids is 2. The zero-order chi connectivity index (χ0) is 21.1. The molecule has 1 N–H and O–H groups in total. The Morgan fingerprint density at radius 3 is 2.67 bits per heavy atom. The van der Waals surface area contributed by atoms with E-state index >= 15 is 0 Å². The lowest BCUT2D eigenvalue weighted by molar-refractivity contribution is -0.131. The zero-order valence-corrected chi connectivity index (χ0v) is 17.3. The number of rotatable bonds is 5. The summed E-state index contributed by atoms with van der Waals surface area (Å²) in [5.41, 5.74) is 3.27. The van der Waals surface area contributed by atoms with Gasteiger partial charge in [0.15, 0.2) is 0 Å². The molecule has 1 aromatic heterocycles. The van der Waals surface area contributed by atoms with Crippen LogP contribution in [0, 0.1) is 6.92 Å². The fourth-order valence-electron chi connectivity index (χ4n) is 3.97. The van der Waals surface area contributed by atoms with Crippen molar-refractivity contribution in [1.82, 2.24) is 10.2 Å². The monoisotopic (exact) mass is 406 g/mol. The molecule has 156 valence electrons. The molecule has 3 aromatic rings. The van der Waals surface area contributed by atoms with Gasteiger partial charge in [-0.3, -0.25) is 9.59 Å². The highest BCUT2D eigenvalue weighted by molar-refractivity contribution is 5.95. The fraction of sp³-hybridized carbons (Fsp3) is 0.333. The molecule has 1 aliphatic heterocycles. The van der Waals surface area contributed by atoms with Crippen LogP contribution in [0.3, 0.4) is 0 Å². The number of benzene rings is 2. The van der Waals surface area contributed by atoms with Crippen LogP contribution in [-0.4, -0.2) is 43.0 Å². The molecule has 4 rings (SSSR count). The Balaban J connectivity index is 1.32. The van der Waals surface area contributed by atoms with Crippen LogP contribution in [0.4, 0.5) is 0 Å². The molecule has 0 spiro atoms. The summed E-state index contributed by atoms with van der Waals surface area (Å²) < 4.78 is 10.8. The number of ether oxygens (including phenoxy) is 1. The highest BCUT2D eigenvalue weighted by Gasteiger charge is 2.25. The number of piperidine rings is 1. The van der Waals surface area contributed by atoms with E-state index in [2.05, 4.69) is 5.32 Å². The molecule has 0 bridgehead atoms. The molecule has 30 heavy (non-hydrogen) atoms. The van der Waals surface area contributed by atoms with Crippen molar-refractivity contribution in [3.05, 3.63) is 65.4 Å². The Bertz CT molecular complexity index is 1060. The van der Waals surface area contributed by atoms with E-state index < -0.39 is 0 Å². The van der Waals surface area contributed by atoms with Crippen molar-refractivity contribution in [2.75, 3.05) is 20.2 Å². The number of fused-ring (bicyclic) bond motifs is 1. The van der Waals surface area contributed by atoms with E-state index in [1.54, 1.807) is 13.4 Å². The molecule has 1 saturated heterocycles. The molecule has 6 heteroatoms. The summed E-state index contributed by atoms with van der Waals surface area (Å²) in [5, 5.41) is 4.05. The number of hydrogen-bond donors (Lipinski definition) is 1. The lowest BCUT2D eigenvalue weighted by Gasteiger charge is -2.32. The molecule has 2 heterocycles. The van der Waals surface area contributed by atoms with Gasteiger partial charge in [-0.05, 0) is 43.5 Å². The second-order valence-corrected chi connectivity index (χ2v) is 7.74. The second-order valence-electron chi connectivity index (χ2n) is 7.74. The van der Waals surface area contributed by atoms with Gasteiger partial charge in [-0.15, -0.1) is 0 Å². The minimum atomic E-state index is -0.0434. The lowest BCUT2D eigenvalue weighted by atomic mass is 10.0. The predicted molar refractivity (Wildman–Crippen MR) is 115 cm³/mol. The van der Waals surface area contributed by atoms with Gasteiger partial charge in [-0.25, -0.2) is 0 Å². The van der Waals surface area contributed by atoms with Crippen LogP contribution >= 0.6 is 0 Å². The van der Waals surface area contributed by atoms with E-state index in [1.807, 2.05) is 54.3 Å². The molecular weight excluding hydrogens is 380 g/mol. The van der Waals surface area contributed by atoms with Gasteiger partial charge in [0.2, 0.25) is 5.91 Å². The third-order valence-electron chi connectivity index (χ3n) is 5.78. The SMILES string of the molecule is COc1ccc2c(CC(=O)N3CCC(NC(=O)c4ccccc4C)CC3)coc2c1. The van der Waals surface area contributed by atoms with Crippen molar-refractivity contribution < 1.29 is 18.7 Å². The summed E-state index contributed by atoms with van der Waals surface area (Å²) in [6, 6.07) is 13.3. The zero-order valence-electron chi connectivity index (χ0n) is 17.3. The van der Waals surface area contributed by atoms with Crippen LogP contribution in [0.15, 0.2) is 53.1 Å². The van der Waals surface area contributed by atoms with E-state index in [0.29, 0.717) is 25.1 Å². The molecule has 0 aliphatic carbocycles. The smallest absolute Gasteiger partial charge is 0.251 e. The Kier molecular flexibility index (Phi) is 5.74. The predicted octanol–water partition coefficient (Wildman–Crippen LogP) is 3.71. The van der Waals surface area contributed by atoms with Crippen LogP contribution < -0.4 is 10.1 Å². The third-order valence-corrected chi connectivity index (χ3v) is 5.78. The first-order valence-electron chi connectivity index (χ1n) is 10.2. The molecule has 0 unspecified atom stereocenters. The molecule has 0 saturated carbocycles. The number of nitrogens with one attached hydrogen (secondary N) is 1. The summed E-state index contributed by atoms with van der Waals surface area (Å²) in [6.07, 6.45) is 3.47. The van der Waals surface area contributed by atoms with Crippen molar-refractivity contribution in [3.63, 3.8) is 0 Å². The average Bonchev–Trinajstić information content (AvgIpc) is 3.16. The summed E-state index contributed by atoms with van der Waals surface area (Å²) in [7, 11) is 1.61. The van der Waals surface area contributed by atoms with E-state index in [0.717, 1.165) is 40.7 Å². The molecule has 0 radical (unpaired) electrons. The first-order valence-corrected chi connectivity index (χ1v) is 10.2. The van der Waals surface area contributed by atoms with Gasteiger partial charge in [-0.1, -0.05) is 18.2 Å². The summed E-state index contributed by atoms with van der Waals surface area (Å²) in [4.78, 5) is 27.2. The van der Waals surface area contributed by atoms with E-state index in [1.165, 1.54) is 0 Å². The summed E-state index contributed by atoms with van der Waals surface area (Å²) in [6.45, 7) is 3.22. The van der Waals surface area contributed by atoms with Gasteiger partial charge >= 0.3 is 0 Å². The number of nitrogens with zero attached hydrogens (tertiary/aromatic N) is 1. The number of furan rings is 1. The summed E-state index contributed by atoms with van der Waals surface area (Å²) in [5.74, 6) is 0.764. The lowest BCUT2D eigenvalue weighted by Crippen LogP contribution is -2.47. The Morgan fingerprint density at radius 2 is 1.93 bits per heavy atom. The van der Waals surface area contributed by atoms with Gasteiger partial charge in [0, 0.05) is 41.7 Å². The molecule has 0 atom stereocenters. The van der Waals surface area contributed by atoms with Gasteiger partial charge in [0.05, 0.1) is 19.8 Å². The largest absolute Gasteiger partial charge is 0.497 e. The maximum atomic E-state index is 12.8. The summed E-state index contributed by atoms with van der Waals surface area (Å²) >= 11 is 0. The van der Waals surface area contributed by atoms with Crippen molar-refractivity contribution in [1.29, 1.82) is 0 Å². The highest BCUT2D eigenvalue weighted by atomic mass is 16.5. The van der Waals surface area contributed by atoms with E-state index in [-0.39, 0.29) is 17.9 Å². The first kappa shape index (κ1) is 20.0. The van der Waals surface area contributed by atoms with Crippen molar-refractivity contribution in [2.45, 2.75) is 32.2 Å². The van der Waals surface area contributed by atoms with E-state index in [4.69, 9.17) is 9.15 Å². The normalized spacial score (nSPS) is 14.7. The number of hydrogen-bond acceptors (Lipinski definition) is 4. The average molecular weight is 406 g/mol. The van der Waals surface area contributed by atoms with Crippen LogP contribution in [0.1, 0.15) is 34.3 Å². The molecule has 2 amide bonds. The first-order chi connectivity index (χ1) is 14.5. The second kappa shape index (κ2) is 8.61. The number of methoxy groups -OCH3 is 1. The number of likely N-dealkylation sites (tertiary alicyclic amines) is 1. The van der Waals surface area contributed by atoms with E-state index in [9.17, 15) is 9.59 Å².